The number of phenols is 2. The molecule has 0 saturated heterocycles. The lowest BCUT2D eigenvalue weighted by atomic mass is 10.0. The van der Waals surface area contributed by atoms with Crippen LogP contribution in [-0.2, 0) is 11.2 Å². The van der Waals surface area contributed by atoms with Gasteiger partial charge in [0.2, 0.25) is 5.91 Å². The SMILES string of the molecule is CN(CC(F)F)C(=O)[C@@H](N)Cc1ccc(O)c(O)c1. The summed E-state index contributed by atoms with van der Waals surface area (Å²) in [6, 6.07) is 3.06. The van der Waals surface area contributed by atoms with Crippen molar-refractivity contribution in [3.05, 3.63) is 23.8 Å². The number of benzene rings is 1. The van der Waals surface area contributed by atoms with Crippen LogP contribution in [0.4, 0.5) is 8.78 Å². The highest BCUT2D eigenvalue weighted by molar-refractivity contribution is 5.81. The van der Waals surface area contributed by atoms with Crippen molar-refractivity contribution in [2.75, 3.05) is 13.6 Å². The van der Waals surface area contributed by atoms with Crippen LogP contribution in [0.25, 0.3) is 0 Å². The Morgan fingerprint density at radius 2 is 2.00 bits per heavy atom. The molecule has 0 aromatic heterocycles. The van der Waals surface area contributed by atoms with E-state index < -0.39 is 24.9 Å². The molecule has 0 aliphatic heterocycles. The molecule has 7 heteroatoms. The molecule has 1 atom stereocenters. The molecule has 5 nitrogen and oxygen atoms in total. The van der Waals surface area contributed by atoms with Crippen molar-refractivity contribution in [1.29, 1.82) is 0 Å². The monoisotopic (exact) mass is 274 g/mol. The summed E-state index contributed by atoms with van der Waals surface area (Å²) in [7, 11) is 1.25. The normalized spacial score (nSPS) is 12.5. The molecule has 0 aliphatic carbocycles. The third-order valence-electron chi connectivity index (χ3n) is 2.60. The molecule has 1 rings (SSSR count). The molecular formula is C12H16F2N2O3. The van der Waals surface area contributed by atoms with Crippen LogP contribution in [0.5, 0.6) is 11.5 Å². The smallest absolute Gasteiger partial charge is 0.255 e. The maximum Gasteiger partial charge on any atom is 0.255 e. The van der Waals surface area contributed by atoms with Crippen LogP contribution >= 0.6 is 0 Å². The molecule has 106 valence electrons. The van der Waals surface area contributed by atoms with Gasteiger partial charge < -0.3 is 20.8 Å². The minimum atomic E-state index is -2.61. The summed E-state index contributed by atoms with van der Waals surface area (Å²) in [5.74, 6) is -1.20. The van der Waals surface area contributed by atoms with E-state index in [1.54, 1.807) is 0 Å². The van der Waals surface area contributed by atoms with Gasteiger partial charge in [-0.15, -0.1) is 0 Å². The molecule has 1 aromatic carbocycles. The van der Waals surface area contributed by atoms with Crippen LogP contribution < -0.4 is 5.73 Å². The summed E-state index contributed by atoms with van der Waals surface area (Å²) in [6.45, 7) is -0.673. The standard InChI is InChI=1S/C12H16F2N2O3/c1-16(6-11(13)14)12(19)8(15)4-7-2-3-9(17)10(18)5-7/h2-3,5,8,11,17-18H,4,6,15H2,1H3/t8-/m0/s1. The predicted molar refractivity (Wildman–Crippen MR) is 65.1 cm³/mol. The number of hydrogen-bond acceptors (Lipinski definition) is 4. The van der Waals surface area contributed by atoms with Crippen LogP contribution in [0.15, 0.2) is 18.2 Å². The van der Waals surface area contributed by atoms with E-state index >= 15 is 0 Å². The third-order valence-corrected chi connectivity index (χ3v) is 2.60. The first-order valence-corrected chi connectivity index (χ1v) is 5.60. The Labute approximate surface area is 109 Å². The van der Waals surface area contributed by atoms with Crippen LogP contribution in [0.3, 0.4) is 0 Å². The lowest BCUT2D eigenvalue weighted by Gasteiger charge is -2.21. The maximum atomic E-state index is 12.1. The number of rotatable bonds is 5. The Hall–Kier alpha value is -1.89. The van der Waals surface area contributed by atoms with Gasteiger partial charge in [-0.05, 0) is 24.1 Å². The fourth-order valence-corrected chi connectivity index (χ4v) is 1.62. The predicted octanol–water partition coefficient (Wildman–Crippen LogP) is 0.691. The summed E-state index contributed by atoms with van der Waals surface area (Å²) >= 11 is 0. The van der Waals surface area contributed by atoms with Crippen LogP contribution in [0.2, 0.25) is 0 Å². The second-order valence-electron chi connectivity index (χ2n) is 4.24. The van der Waals surface area contributed by atoms with E-state index in [0.29, 0.717) is 5.56 Å². The summed E-state index contributed by atoms with van der Waals surface area (Å²) in [4.78, 5) is 12.6. The minimum Gasteiger partial charge on any atom is -0.504 e. The van der Waals surface area contributed by atoms with Gasteiger partial charge in [0.15, 0.2) is 11.5 Å². The fourth-order valence-electron chi connectivity index (χ4n) is 1.62. The Balaban J connectivity index is 2.65. The lowest BCUT2D eigenvalue weighted by Crippen LogP contribution is -2.44. The van der Waals surface area contributed by atoms with E-state index in [9.17, 15) is 18.7 Å². The second-order valence-corrected chi connectivity index (χ2v) is 4.24. The zero-order valence-corrected chi connectivity index (χ0v) is 10.4. The molecule has 0 saturated carbocycles. The third kappa shape index (κ3) is 4.36. The van der Waals surface area contributed by atoms with Crippen molar-refractivity contribution < 1.29 is 23.8 Å². The molecule has 19 heavy (non-hydrogen) atoms. The highest BCUT2D eigenvalue weighted by atomic mass is 19.3. The number of likely N-dealkylation sites (N-methyl/N-ethyl adjacent to an activating group) is 1. The topological polar surface area (TPSA) is 86.8 Å². The average Bonchev–Trinajstić information content (AvgIpc) is 2.32. The van der Waals surface area contributed by atoms with Crippen molar-refractivity contribution >= 4 is 5.91 Å². The molecule has 0 heterocycles. The molecule has 4 N–H and O–H groups in total. The van der Waals surface area contributed by atoms with Gasteiger partial charge in [-0.3, -0.25) is 4.79 Å². The summed E-state index contributed by atoms with van der Waals surface area (Å²) in [6.07, 6.45) is -2.53. The number of carbonyl (C=O) groups excluding carboxylic acids is 1. The van der Waals surface area contributed by atoms with Gasteiger partial charge in [-0.2, -0.15) is 0 Å². The van der Waals surface area contributed by atoms with E-state index in [4.69, 9.17) is 10.8 Å². The number of hydrogen-bond donors (Lipinski definition) is 3. The highest BCUT2D eigenvalue weighted by Crippen LogP contribution is 2.25. The van der Waals surface area contributed by atoms with E-state index in [-0.39, 0.29) is 17.9 Å². The number of nitrogens with zero attached hydrogens (tertiary/aromatic N) is 1. The molecule has 0 bridgehead atoms. The summed E-state index contributed by atoms with van der Waals surface area (Å²) in [5, 5.41) is 18.4. The van der Waals surface area contributed by atoms with Gasteiger partial charge in [-0.1, -0.05) is 6.07 Å². The molecule has 0 radical (unpaired) electrons. The number of halogens is 2. The van der Waals surface area contributed by atoms with Gasteiger partial charge in [0, 0.05) is 7.05 Å². The molecule has 0 fully saturated rings. The van der Waals surface area contributed by atoms with Gasteiger partial charge in [-0.25, -0.2) is 8.78 Å². The first-order valence-electron chi connectivity index (χ1n) is 5.60. The Kier molecular flexibility index (Phi) is 5.05. The zero-order chi connectivity index (χ0) is 14.6. The van der Waals surface area contributed by atoms with E-state index in [1.165, 1.54) is 25.2 Å². The maximum absolute atomic E-state index is 12.1. The quantitative estimate of drug-likeness (QED) is 0.689. The number of aromatic hydroxyl groups is 2. The lowest BCUT2D eigenvalue weighted by molar-refractivity contribution is -0.132. The number of phenolic OH excluding ortho intramolecular Hbond substituents is 2. The molecular weight excluding hydrogens is 258 g/mol. The van der Waals surface area contributed by atoms with Crippen LogP contribution in [-0.4, -0.2) is 47.1 Å². The zero-order valence-electron chi connectivity index (χ0n) is 10.4. The van der Waals surface area contributed by atoms with Crippen molar-refractivity contribution in [1.82, 2.24) is 4.90 Å². The Morgan fingerprint density at radius 3 is 2.53 bits per heavy atom. The molecule has 0 unspecified atom stereocenters. The fraction of sp³-hybridized carbons (Fsp3) is 0.417. The number of carbonyl (C=O) groups is 1. The number of alkyl halides is 2. The first kappa shape index (κ1) is 15.2. The number of nitrogens with two attached hydrogens (primary N) is 1. The van der Waals surface area contributed by atoms with Gasteiger partial charge in [0.05, 0.1) is 12.6 Å². The molecule has 0 spiro atoms. The average molecular weight is 274 g/mol. The largest absolute Gasteiger partial charge is 0.504 e. The molecule has 0 aliphatic rings. The summed E-state index contributed by atoms with van der Waals surface area (Å²) < 4.78 is 24.3. The van der Waals surface area contributed by atoms with Crippen LogP contribution in [0.1, 0.15) is 5.56 Å². The van der Waals surface area contributed by atoms with E-state index in [1.807, 2.05) is 0 Å². The molecule has 1 aromatic rings. The minimum absolute atomic E-state index is 0.0836. The van der Waals surface area contributed by atoms with Crippen molar-refractivity contribution in [2.24, 2.45) is 5.73 Å². The van der Waals surface area contributed by atoms with Crippen molar-refractivity contribution in [2.45, 2.75) is 18.9 Å². The van der Waals surface area contributed by atoms with E-state index in [0.717, 1.165) is 4.90 Å². The van der Waals surface area contributed by atoms with Gasteiger partial charge in [0.1, 0.15) is 0 Å². The van der Waals surface area contributed by atoms with Crippen molar-refractivity contribution in [3.63, 3.8) is 0 Å². The highest BCUT2D eigenvalue weighted by Gasteiger charge is 2.21. The Morgan fingerprint density at radius 1 is 1.37 bits per heavy atom. The molecule has 1 amide bonds. The van der Waals surface area contributed by atoms with E-state index in [2.05, 4.69) is 0 Å². The Bertz CT molecular complexity index is 455. The van der Waals surface area contributed by atoms with Gasteiger partial charge >= 0.3 is 0 Å². The second kappa shape index (κ2) is 6.33. The van der Waals surface area contributed by atoms with Crippen LogP contribution in [0, 0.1) is 0 Å². The number of amides is 1. The summed E-state index contributed by atoms with van der Waals surface area (Å²) in [5.41, 5.74) is 6.16. The van der Waals surface area contributed by atoms with Gasteiger partial charge in [0.25, 0.3) is 6.43 Å². The van der Waals surface area contributed by atoms with Crippen molar-refractivity contribution in [3.8, 4) is 11.5 Å². The first-order chi connectivity index (χ1) is 8.81.